The van der Waals surface area contributed by atoms with Crippen LogP contribution in [0.2, 0.25) is 0 Å². The maximum absolute atomic E-state index is 9.90. The predicted octanol–water partition coefficient (Wildman–Crippen LogP) is 1.36. The van der Waals surface area contributed by atoms with Crippen LogP contribution in [0.4, 0.5) is 0 Å². The Hall–Kier alpha value is -1.85. The molecule has 0 saturated carbocycles. The van der Waals surface area contributed by atoms with Crippen molar-refractivity contribution in [2.45, 2.75) is 32.1 Å². The third kappa shape index (κ3) is 22.7. The summed E-state index contributed by atoms with van der Waals surface area (Å²) >= 11 is 0. The zero-order valence-electron chi connectivity index (χ0n) is 8.89. The Morgan fingerprint density at radius 2 is 1.25 bits per heavy atom. The highest BCUT2D eigenvalue weighted by atomic mass is 16.4. The topological polar surface area (TPSA) is 112 Å². The Morgan fingerprint density at radius 3 is 1.38 bits per heavy atom. The number of hydrogen-bond acceptors (Lipinski definition) is 3. The highest BCUT2D eigenvalue weighted by Gasteiger charge is 1.99. The molecule has 0 amide bonds. The van der Waals surface area contributed by atoms with Crippen LogP contribution in [0, 0.1) is 0 Å². The number of hydrogen-bond donors (Lipinski definition) is 3. The number of unbranched alkanes of at least 4 members (excludes halogenated alkanes) is 1. The van der Waals surface area contributed by atoms with Gasteiger partial charge in [-0.1, -0.05) is 6.08 Å². The number of rotatable bonds is 7. The monoisotopic (exact) mass is 232 g/mol. The van der Waals surface area contributed by atoms with Gasteiger partial charge in [-0.2, -0.15) is 0 Å². The van der Waals surface area contributed by atoms with Crippen LogP contribution in [-0.4, -0.2) is 33.2 Å². The largest absolute Gasteiger partial charge is 0.481 e. The van der Waals surface area contributed by atoms with Gasteiger partial charge in [0.15, 0.2) is 0 Å². The molecule has 0 aliphatic carbocycles. The van der Waals surface area contributed by atoms with Crippen molar-refractivity contribution in [2.75, 3.05) is 0 Å². The molecule has 0 aliphatic rings. The summed E-state index contributed by atoms with van der Waals surface area (Å²) in [5, 5.41) is 24.1. The van der Waals surface area contributed by atoms with Crippen molar-refractivity contribution in [1.82, 2.24) is 0 Å². The smallest absolute Gasteiger partial charge is 0.307 e. The summed E-state index contributed by atoms with van der Waals surface area (Å²) < 4.78 is 0. The fourth-order valence-corrected chi connectivity index (χ4v) is 0.676. The predicted molar refractivity (Wildman–Crippen MR) is 56.2 cm³/mol. The second kappa shape index (κ2) is 11.2. The summed E-state index contributed by atoms with van der Waals surface area (Å²) in [6, 6.07) is 0. The zero-order chi connectivity index (χ0) is 13.0. The minimum Gasteiger partial charge on any atom is -0.481 e. The molecule has 3 N–H and O–H groups in total. The van der Waals surface area contributed by atoms with Gasteiger partial charge in [-0.05, 0) is 12.8 Å². The van der Waals surface area contributed by atoms with Crippen LogP contribution in [-0.2, 0) is 14.4 Å². The van der Waals surface area contributed by atoms with Gasteiger partial charge in [0.25, 0.3) is 0 Å². The van der Waals surface area contributed by atoms with Crippen molar-refractivity contribution in [3.8, 4) is 0 Å². The molecular weight excluding hydrogens is 216 g/mol. The number of aliphatic carboxylic acids is 3. The first-order chi connectivity index (χ1) is 7.40. The Bertz CT molecular complexity index is 230. The Balaban J connectivity index is 0. The molecule has 0 atom stereocenters. The summed E-state index contributed by atoms with van der Waals surface area (Å²) in [6.45, 7) is 3.22. The van der Waals surface area contributed by atoms with Crippen molar-refractivity contribution in [3.05, 3.63) is 12.7 Å². The molecule has 0 rings (SSSR count). The van der Waals surface area contributed by atoms with Crippen LogP contribution in [0.25, 0.3) is 0 Å². The molecule has 6 nitrogen and oxygen atoms in total. The summed E-state index contributed by atoms with van der Waals surface area (Å²) in [5.41, 5.74) is 0. The van der Waals surface area contributed by atoms with E-state index in [2.05, 4.69) is 6.58 Å². The van der Waals surface area contributed by atoms with Crippen molar-refractivity contribution >= 4 is 17.9 Å². The van der Waals surface area contributed by atoms with Gasteiger partial charge in [0.2, 0.25) is 0 Å². The first-order valence-electron chi connectivity index (χ1n) is 4.66. The van der Waals surface area contributed by atoms with E-state index in [1.807, 2.05) is 0 Å². The molecule has 0 aromatic heterocycles. The molecule has 0 bridgehead atoms. The molecule has 0 aromatic carbocycles. The molecule has 16 heavy (non-hydrogen) atoms. The van der Waals surface area contributed by atoms with E-state index in [9.17, 15) is 14.4 Å². The quantitative estimate of drug-likeness (QED) is 0.451. The SMILES string of the molecule is C=CCC(=O)O.O=C(O)CCCCC(=O)O. The average molecular weight is 232 g/mol. The van der Waals surface area contributed by atoms with Gasteiger partial charge in [0, 0.05) is 12.8 Å². The van der Waals surface area contributed by atoms with Crippen LogP contribution < -0.4 is 0 Å². The minimum absolute atomic E-state index is 0.0556. The first kappa shape index (κ1) is 16.6. The molecule has 0 radical (unpaired) electrons. The normalized spacial score (nSPS) is 8.50. The van der Waals surface area contributed by atoms with Gasteiger partial charge in [0.05, 0.1) is 6.42 Å². The maximum atomic E-state index is 9.90. The van der Waals surface area contributed by atoms with E-state index in [0.29, 0.717) is 12.8 Å². The van der Waals surface area contributed by atoms with E-state index in [1.165, 1.54) is 6.08 Å². The van der Waals surface area contributed by atoms with Crippen molar-refractivity contribution < 1.29 is 29.7 Å². The van der Waals surface area contributed by atoms with Crippen LogP contribution >= 0.6 is 0 Å². The standard InChI is InChI=1S/C6H10O4.C4H6O2/c7-5(8)3-1-2-4-6(9)10;1-2-3-4(5)6/h1-4H2,(H,7,8)(H,9,10);2H,1,3H2,(H,5,6). The summed E-state index contributed by atoms with van der Waals surface area (Å²) in [4.78, 5) is 29.3. The summed E-state index contributed by atoms with van der Waals surface area (Å²) in [5.74, 6) is -2.57. The van der Waals surface area contributed by atoms with E-state index >= 15 is 0 Å². The zero-order valence-corrected chi connectivity index (χ0v) is 8.89. The second-order valence-corrected chi connectivity index (χ2v) is 2.88. The molecule has 0 heterocycles. The van der Waals surface area contributed by atoms with Crippen LogP contribution in [0.3, 0.4) is 0 Å². The molecule has 6 heteroatoms. The molecule has 92 valence electrons. The molecule has 0 aliphatic heterocycles. The number of carbonyl (C=O) groups is 3. The van der Waals surface area contributed by atoms with Gasteiger partial charge in [-0.15, -0.1) is 6.58 Å². The van der Waals surface area contributed by atoms with Crippen LogP contribution in [0.1, 0.15) is 32.1 Å². The fourth-order valence-electron chi connectivity index (χ4n) is 0.676. The highest BCUT2D eigenvalue weighted by molar-refractivity contribution is 5.68. The van der Waals surface area contributed by atoms with Gasteiger partial charge >= 0.3 is 17.9 Å². The first-order valence-corrected chi connectivity index (χ1v) is 4.66. The molecule has 0 fully saturated rings. The third-order valence-corrected chi connectivity index (χ3v) is 1.35. The number of carboxylic acid groups (broad SMARTS) is 3. The highest BCUT2D eigenvalue weighted by Crippen LogP contribution is 1.98. The summed E-state index contributed by atoms with van der Waals surface area (Å²) in [7, 11) is 0. The van der Waals surface area contributed by atoms with Crippen LogP contribution in [0.15, 0.2) is 12.7 Å². The molecular formula is C10H16O6. The van der Waals surface area contributed by atoms with E-state index in [0.717, 1.165) is 0 Å². The summed E-state index contributed by atoms with van der Waals surface area (Å²) in [6.07, 6.45) is 2.42. The molecule has 0 aromatic rings. The van der Waals surface area contributed by atoms with Gasteiger partial charge in [0.1, 0.15) is 0 Å². The fraction of sp³-hybridized carbons (Fsp3) is 0.500. The Labute approximate surface area is 93.2 Å². The average Bonchev–Trinajstić information content (AvgIpc) is 2.12. The third-order valence-electron chi connectivity index (χ3n) is 1.35. The lowest BCUT2D eigenvalue weighted by Crippen LogP contribution is -1.97. The van der Waals surface area contributed by atoms with Gasteiger partial charge < -0.3 is 15.3 Å². The minimum atomic E-state index is -0.870. The van der Waals surface area contributed by atoms with Gasteiger partial charge in [-0.25, -0.2) is 0 Å². The molecule has 0 saturated heterocycles. The van der Waals surface area contributed by atoms with Gasteiger partial charge in [-0.3, -0.25) is 14.4 Å². The van der Waals surface area contributed by atoms with Crippen LogP contribution in [0.5, 0.6) is 0 Å². The Morgan fingerprint density at radius 1 is 0.875 bits per heavy atom. The lowest BCUT2D eigenvalue weighted by Gasteiger charge is -1.92. The van der Waals surface area contributed by atoms with E-state index in [-0.39, 0.29) is 19.3 Å². The molecule has 0 unspecified atom stereocenters. The van der Waals surface area contributed by atoms with Crippen molar-refractivity contribution in [1.29, 1.82) is 0 Å². The van der Waals surface area contributed by atoms with Crippen molar-refractivity contribution in [3.63, 3.8) is 0 Å². The van der Waals surface area contributed by atoms with E-state index in [4.69, 9.17) is 15.3 Å². The lowest BCUT2D eigenvalue weighted by molar-refractivity contribution is -0.139. The maximum Gasteiger partial charge on any atom is 0.307 e. The Kier molecular flexibility index (Phi) is 11.6. The van der Waals surface area contributed by atoms with E-state index < -0.39 is 17.9 Å². The second-order valence-electron chi connectivity index (χ2n) is 2.88. The van der Waals surface area contributed by atoms with E-state index in [1.54, 1.807) is 0 Å². The van der Waals surface area contributed by atoms with Crippen molar-refractivity contribution in [2.24, 2.45) is 0 Å². The number of carboxylic acids is 3. The lowest BCUT2D eigenvalue weighted by atomic mass is 10.2. The molecule has 0 spiro atoms.